The number of aromatic amines is 2. The lowest BCUT2D eigenvalue weighted by Gasteiger charge is -2.22. The zero-order valence-corrected chi connectivity index (χ0v) is 18.4. The minimum atomic E-state index is 0.0715. The van der Waals surface area contributed by atoms with E-state index in [0.717, 1.165) is 48.4 Å². The molecule has 1 amide bonds. The van der Waals surface area contributed by atoms with Gasteiger partial charge < -0.3 is 15.3 Å². The number of rotatable bonds is 7. The van der Waals surface area contributed by atoms with Crippen molar-refractivity contribution in [1.82, 2.24) is 25.2 Å². The Balaban J connectivity index is 1.17. The molecule has 1 saturated heterocycles. The number of likely N-dealkylation sites (tertiary alicyclic amines) is 1. The number of fused-ring (bicyclic) bond motifs is 1. The van der Waals surface area contributed by atoms with Crippen LogP contribution in [0.3, 0.4) is 0 Å². The second kappa shape index (κ2) is 9.01. The van der Waals surface area contributed by atoms with Crippen LogP contribution in [0.15, 0.2) is 60.9 Å². The molecule has 6 heteroatoms. The zero-order valence-electron chi connectivity index (χ0n) is 18.4. The Hall–Kier alpha value is -3.38. The van der Waals surface area contributed by atoms with Crippen LogP contribution >= 0.6 is 0 Å². The minimum Gasteiger partial charge on any atom is -0.361 e. The lowest BCUT2D eigenvalue weighted by Crippen LogP contribution is -2.38. The van der Waals surface area contributed by atoms with Crippen LogP contribution in [0.4, 0.5) is 0 Å². The Morgan fingerprint density at radius 1 is 1.22 bits per heavy atom. The summed E-state index contributed by atoms with van der Waals surface area (Å²) in [4.78, 5) is 26.3. The van der Waals surface area contributed by atoms with E-state index in [4.69, 9.17) is 0 Å². The van der Waals surface area contributed by atoms with Crippen LogP contribution in [0, 0.1) is 6.92 Å². The van der Waals surface area contributed by atoms with E-state index >= 15 is 0 Å². The maximum Gasteiger partial charge on any atom is 0.234 e. The maximum absolute atomic E-state index is 12.6. The van der Waals surface area contributed by atoms with E-state index in [9.17, 15) is 4.79 Å². The summed E-state index contributed by atoms with van der Waals surface area (Å²) in [6.45, 7) is 4.05. The van der Waals surface area contributed by atoms with Gasteiger partial charge in [-0.15, -0.1) is 0 Å². The number of nitrogens with one attached hydrogen (secondary N) is 3. The third-order valence-electron chi connectivity index (χ3n) is 6.34. The number of benzene rings is 2. The fraction of sp³-hybridized carbons (Fsp3) is 0.308. The van der Waals surface area contributed by atoms with Crippen molar-refractivity contribution in [2.45, 2.75) is 32.2 Å². The summed E-state index contributed by atoms with van der Waals surface area (Å²) in [5, 5.41) is 4.32. The number of H-pyrrole nitrogens is 2. The molecule has 1 fully saturated rings. The molecule has 32 heavy (non-hydrogen) atoms. The van der Waals surface area contributed by atoms with Gasteiger partial charge in [0.15, 0.2) is 0 Å². The third-order valence-corrected chi connectivity index (χ3v) is 6.34. The topological polar surface area (TPSA) is 76.8 Å². The highest BCUT2D eigenvalue weighted by atomic mass is 16.2. The average molecular weight is 428 g/mol. The highest BCUT2D eigenvalue weighted by molar-refractivity contribution is 5.83. The number of imidazole rings is 1. The van der Waals surface area contributed by atoms with Gasteiger partial charge in [0.25, 0.3) is 0 Å². The molecule has 1 aliphatic heterocycles. The maximum atomic E-state index is 12.6. The number of aromatic nitrogens is 3. The smallest absolute Gasteiger partial charge is 0.234 e. The fourth-order valence-corrected chi connectivity index (χ4v) is 4.71. The van der Waals surface area contributed by atoms with Gasteiger partial charge in [0.2, 0.25) is 5.91 Å². The average Bonchev–Trinajstić information content (AvgIpc) is 3.53. The van der Waals surface area contributed by atoms with Gasteiger partial charge in [-0.05, 0) is 56.0 Å². The second-order valence-electron chi connectivity index (χ2n) is 8.64. The summed E-state index contributed by atoms with van der Waals surface area (Å²) in [5.74, 6) is 1.02. The molecule has 3 heterocycles. The largest absolute Gasteiger partial charge is 0.361 e. The molecular formula is C26H29N5O. The van der Waals surface area contributed by atoms with Crippen LogP contribution in [0.1, 0.15) is 35.8 Å². The molecular weight excluding hydrogens is 398 g/mol. The molecule has 4 aromatic rings. The SMILES string of the molecule is Cc1cccc(-c2cnc(C3CCCN3CC(=O)NCCc3c[nH]c4ccccc34)[nH]2)c1. The van der Waals surface area contributed by atoms with Gasteiger partial charge >= 0.3 is 0 Å². The van der Waals surface area contributed by atoms with Crippen LogP contribution in [0.5, 0.6) is 0 Å². The molecule has 0 aliphatic carbocycles. The Morgan fingerprint density at radius 2 is 2.12 bits per heavy atom. The normalized spacial score (nSPS) is 16.6. The van der Waals surface area contributed by atoms with Gasteiger partial charge in [-0.25, -0.2) is 4.98 Å². The molecule has 0 spiro atoms. The van der Waals surface area contributed by atoms with Gasteiger partial charge in [0.05, 0.1) is 24.5 Å². The molecule has 164 valence electrons. The number of aryl methyl sites for hydroxylation is 1. The molecule has 1 aliphatic rings. The molecule has 6 nitrogen and oxygen atoms in total. The van der Waals surface area contributed by atoms with Crippen molar-refractivity contribution in [3.8, 4) is 11.3 Å². The number of para-hydroxylation sites is 1. The predicted octanol–water partition coefficient (Wildman–Crippen LogP) is 4.36. The summed E-state index contributed by atoms with van der Waals surface area (Å²) < 4.78 is 0. The van der Waals surface area contributed by atoms with E-state index < -0.39 is 0 Å². The molecule has 0 saturated carbocycles. The van der Waals surface area contributed by atoms with Crippen molar-refractivity contribution in [3.05, 3.63) is 77.9 Å². The predicted molar refractivity (Wildman–Crippen MR) is 127 cm³/mol. The number of amides is 1. The first-order valence-corrected chi connectivity index (χ1v) is 11.3. The first-order chi connectivity index (χ1) is 15.7. The number of carbonyl (C=O) groups is 1. The number of hydrogen-bond acceptors (Lipinski definition) is 3. The van der Waals surface area contributed by atoms with Gasteiger partial charge in [-0.2, -0.15) is 0 Å². The van der Waals surface area contributed by atoms with E-state index in [1.54, 1.807) is 0 Å². The highest BCUT2D eigenvalue weighted by Crippen LogP contribution is 2.31. The Labute approximate surface area is 188 Å². The molecule has 1 unspecified atom stereocenters. The Bertz CT molecular complexity index is 1220. The summed E-state index contributed by atoms with van der Waals surface area (Å²) in [7, 11) is 0. The van der Waals surface area contributed by atoms with Crippen LogP contribution in [0.2, 0.25) is 0 Å². The summed E-state index contributed by atoms with van der Waals surface area (Å²) in [5.41, 5.74) is 5.77. The number of carbonyl (C=O) groups excluding carboxylic acids is 1. The van der Waals surface area contributed by atoms with E-state index in [1.807, 2.05) is 24.5 Å². The Morgan fingerprint density at radius 3 is 3.03 bits per heavy atom. The number of nitrogens with zero attached hydrogens (tertiary/aromatic N) is 2. The molecule has 3 N–H and O–H groups in total. The van der Waals surface area contributed by atoms with Gasteiger partial charge in [0, 0.05) is 23.6 Å². The molecule has 0 bridgehead atoms. The van der Waals surface area contributed by atoms with Crippen LogP contribution in [0.25, 0.3) is 22.2 Å². The minimum absolute atomic E-state index is 0.0715. The number of hydrogen-bond donors (Lipinski definition) is 3. The van der Waals surface area contributed by atoms with Crippen molar-refractivity contribution in [2.24, 2.45) is 0 Å². The van der Waals surface area contributed by atoms with Crippen LogP contribution < -0.4 is 5.32 Å². The summed E-state index contributed by atoms with van der Waals surface area (Å²) >= 11 is 0. The van der Waals surface area contributed by atoms with Gasteiger partial charge in [0.1, 0.15) is 5.82 Å². The van der Waals surface area contributed by atoms with Gasteiger partial charge in [-0.1, -0.05) is 42.0 Å². The third kappa shape index (κ3) is 4.32. The molecule has 2 aromatic carbocycles. The van der Waals surface area contributed by atoms with Crippen LogP contribution in [-0.2, 0) is 11.2 Å². The van der Waals surface area contributed by atoms with Crippen molar-refractivity contribution in [3.63, 3.8) is 0 Å². The van der Waals surface area contributed by atoms with E-state index in [0.29, 0.717) is 13.1 Å². The van der Waals surface area contributed by atoms with Crippen molar-refractivity contribution >= 4 is 16.8 Å². The Kier molecular flexibility index (Phi) is 5.77. The quantitative estimate of drug-likeness (QED) is 0.410. The van der Waals surface area contributed by atoms with Crippen LogP contribution in [-0.4, -0.2) is 45.4 Å². The zero-order chi connectivity index (χ0) is 21.9. The highest BCUT2D eigenvalue weighted by Gasteiger charge is 2.29. The monoisotopic (exact) mass is 427 g/mol. The fourth-order valence-electron chi connectivity index (χ4n) is 4.71. The van der Waals surface area contributed by atoms with E-state index in [1.165, 1.54) is 16.5 Å². The van der Waals surface area contributed by atoms with Crippen molar-refractivity contribution in [1.29, 1.82) is 0 Å². The molecule has 2 aromatic heterocycles. The first-order valence-electron chi connectivity index (χ1n) is 11.3. The summed E-state index contributed by atoms with van der Waals surface area (Å²) in [6.07, 6.45) is 6.85. The molecule has 0 radical (unpaired) electrons. The lowest BCUT2D eigenvalue weighted by molar-refractivity contribution is -0.122. The summed E-state index contributed by atoms with van der Waals surface area (Å²) in [6, 6.07) is 16.8. The molecule has 1 atom stereocenters. The van der Waals surface area contributed by atoms with Gasteiger partial charge in [-0.3, -0.25) is 9.69 Å². The van der Waals surface area contributed by atoms with Crippen molar-refractivity contribution in [2.75, 3.05) is 19.6 Å². The standard InChI is InChI=1S/C26H29N5O/c1-18-6-4-7-19(14-18)23-16-29-26(30-23)24-10-5-13-31(24)17-25(32)27-12-11-20-15-28-22-9-3-2-8-21(20)22/h2-4,6-9,14-16,24,28H,5,10-13,17H2,1H3,(H,27,32)(H,29,30). The lowest BCUT2D eigenvalue weighted by atomic mass is 10.1. The molecule has 5 rings (SSSR count). The van der Waals surface area contributed by atoms with Crippen molar-refractivity contribution < 1.29 is 4.79 Å². The van der Waals surface area contributed by atoms with E-state index in [2.05, 4.69) is 68.5 Å². The second-order valence-corrected chi connectivity index (χ2v) is 8.64. The van der Waals surface area contributed by atoms with E-state index in [-0.39, 0.29) is 11.9 Å². The first kappa shape index (κ1) is 20.5.